The minimum absolute atomic E-state index is 0.0181. The number of rotatable bonds is 3. The van der Waals surface area contributed by atoms with Gasteiger partial charge < -0.3 is 10.2 Å². The van der Waals surface area contributed by atoms with Crippen LogP contribution in [0.2, 0.25) is 0 Å². The molecule has 1 N–H and O–H groups in total. The van der Waals surface area contributed by atoms with Gasteiger partial charge in [0.2, 0.25) is 11.8 Å². The minimum Gasteiger partial charge on any atom is -0.353 e. The highest BCUT2D eigenvalue weighted by atomic mass is 16.2. The molecule has 0 saturated carbocycles. The fourth-order valence-electron chi connectivity index (χ4n) is 2.54. The molecular formula is C13H21N3O2. The first-order chi connectivity index (χ1) is 8.59. The number of hydrogen-bond donors (Lipinski definition) is 1. The molecule has 1 saturated heterocycles. The summed E-state index contributed by atoms with van der Waals surface area (Å²) in [6.45, 7) is 6.97. The molecule has 0 aromatic carbocycles. The lowest BCUT2D eigenvalue weighted by molar-refractivity contribution is -0.138. The SMILES string of the molecule is CC(C)N1CCNC(=O)C1CC(=O)N1CC=CC1. The Morgan fingerprint density at radius 3 is 2.72 bits per heavy atom. The zero-order valence-electron chi connectivity index (χ0n) is 11.1. The number of nitrogens with one attached hydrogen (secondary N) is 1. The van der Waals surface area contributed by atoms with Crippen molar-refractivity contribution >= 4 is 11.8 Å². The second kappa shape index (κ2) is 5.52. The van der Waals surface area contributed by atoms with Crippen LogP contribution < -0.4 is 5.32 Å². The van der Waals surface area contributed by atoms with E-state index < -0.39 is 0 Å². The van der Waals surface area contributed by atoms with Crippen LogP contribution in [0.5, 0.6) is 0 Å². The zero-order valence-corrected chi connectivity index (χ0v) is 11.1. The second-order valence-electron chi connectivity index (χ2n) is 5.11. The van der Waals surface area contributed by atoms with Gasteiger partial charge in [-0.25, -0.2) is 0 Å². The van der Waals surface area contributed by atoms with Gasteiger partial charge in [-0.3, -0.25) is 14.5 Å². The number of nitrogens with zero attached hydrogens (tertiary/aromatic N) is 2. The molecule has 2 heterocycles. The molecule has 100 valence electrons. The molecule has 0 spiro atoms. The monoisotopic (exact) mass is 251 g/mol. The van der Waals surface area contributed by atoms with Gasteiger partial charge in [-0.1, -0.05) is 12.2 Å². The Bertz CT molecular complexity index is 357. The topological polar surface area (TPSA) is 52.7 Å². The van der Waals surface area contributed by atoms with Gasteiger partial charge in [0.05, 0.1) is 12.5 Å². The molecule has 0 aliphatic carbocycles. The molecule has 0 aromatic rings. The molecule has 2 aliphatic heterocycles. The van der Waals surface area contributed by atoms with Crippen molar-refractivity contribution in [2.24, 2.45) is 0 Å². The maximum atomic E-state index is 12.1. The third-order valence-corrected chi connectivity index (χ3v) is 3.57. The first kappa shape index (κ1) is 13.1. The van der Waals surface area contributed by atoms with E-state index in [-0.39, 0.29) is 30.3 Å². The van der Waals surface area contributed by atoms with E-state index >= 15 is 0 Å². The molecule has 0 radical (unpaired) electrons. The molecule has 1 unspecified atom stereocenters. The summed E-state index contributed by atoms with van der Waals surface area (Å²) >= 11 is 0. The van der Waals surface area contributed by atoms with Crippen LogP contribution in [0.25, 0.3) is 0 Å². The fraction of sp³-hybridized carbons (Fsp3) is 0.692. The van der Waals surface area contributed by atoms with Gasteiger partial charge >= 0.3 is 0 Å². The van der Waals surface area contributed by atoms with Crippen LogP contribution in [0.1, 0.15) is 20.3 Å². The fourth-order valence-corrected chi connectivity index (χ4v) is 2.54. The smallest absolute Gasteiger partial charge is 0.237 e. The lowest BCUT2D eigenvalue weighted by atomic mass is 10.1. The molecule has 0 aromatic heterocycles. The largest absolute Gasteiger partial charge is 0.353 e. The number of carbonyl (C=O) groups excluding carboxylic acids is 2. The van der Waals surface area contributed by atoms with Crippen molar-refractivity contribution in [1.29, 1.82) is 0 Å². The average Bonchev–Trinajstić information content (AvgIpc) is 2.85. The van der Waals surface area contributed by atoms with Crippen LogP contribution in [0.4, 0.5) is 0 Å². The minimum atomic E-state index is -0.313. The molecule has 2 rings (SSSR count). The summed E-state index contributed by atoms with van der Waals surface area (Å²) < 4.78 is 0. The predicted octanol–water partition coefficient (Wildman–Crippen LogP) is -0.0163. The van der Waals surface area contributed by atoms with Gasteiger partial charge in [0.25, 0.3) is 0 Å². The van der Waals surface area contributed by atoms with E-state index in [1.54, 1.807) is 4.90 Å². The van der Waals surface area contributed by atoms with Crippen LogP contribution in [-0.2, 0) is 9.59 Å². The molecule has 18 heavy (non-hydrogen) atoms. The Kier molecular flexibility index (Phi) is 4.01. The van der Waals surface area contributed by atoms with Crippen molar-refractivity contribution in [3.05, 3.63) is 12.2 Å². The molecule has 0 bridgehead atoms. The van der Waals surface area contributed by atoms with Gasteiger partial charge in [0.15, 0.2) is 0 Å². The standard InChI is InChI=1S/C13H21N3O2/c1-10(2)16-8-5-14-13(18)11(16)9-12(17)15-6-3-4-7-15/h3-4,10-11H,5-9H2,1-2H3,(H,14,18). The van der Waals surface area contributed by atoms with E-state index in [1.807, 2.05) is 12.2 Å². The van der Waals surface area contributed by atoms with Crippen molar-refractivity contribution in [2.45, 2.75) is 32.4 Å². The third kappa shape index (κ3) is 2.72. The van der Waals surface area contributed by atoms with Gasteiger partial charge in [-0.15, -0.1) is 0 Å². The van der Waals surface area contributed by atoms with Crippen LogP contribution in [0, 0.1) is 0 Å². The number of amides is 2. The van der Waals surface area contributed by atoms with Crippen LogP contribution in [0.15, 0.2) is 12.2 Å². The number of piperazine rings is 1. The highest BCUT2D eigenvalue weighted by molar-refractivity contribution is 5.89. The maximum Gasteiger partial charge on any atom is 0.237 e. The van der Waals surface area contributed by atoms with Crippen molar-refractivity contribution < 1.29 is 9.59 Å². The average molecular weight is 251 g/mol. The Labute approximate surface area is 108 Å². The Morgan fingerprint density at radius 1 is 1.44 bits per heavy atom. The van der Waals surface area contributed by atoms with E-state index in [9.17, 15) is 9.59 Å². The normalized spacial score (nSPS) is 24.7. The molecule has 1 atom stereocenters. The van der Waals surface area contributed by atoms with E-state index in [0.29, 0.717) is 19.6 Å². The summed E-state index contributed by atoms with van der Waals surface area (Å²) in [5.74, 6) is 0.0446. The summed E-state index contributed by atoms with van der Waals surface area (Å²) in [5.41, 5.74) is 0. The summed E-state index contributed by atoms with van der Waals surface area (Å²) in [4.78, 5) is 27.9. The number of hydrogen-bond acceptors (Lipinski definition) is 3. The number of carbonyl (C=O) groups is 2. The molecule has 1 fully saturated rings. The second-order valence-corrected chi connectivity index (χ2v) is 5.11. The summed E-state index contributed by atoms with van der Waals surface area (Å²) in [5, 5.41) is 2.85. The first-order valence-electron chi connectivity index (χ1n) is 6.56. The summed E-state index contributed by atoms with van der Waals surface area (Å²) in [6, 6.07) is -0.0302. The molecule has 5 heteroatoms. The van der Waals surface area contributed by atoms with Gasteiger partial charge in [0, 0.05) is 32.2 Å². The first-order valence-corrected chi connectivity index (χ1v) is 6.56. The van der Waals surface area contributed by atoms with Crippen molar-refractivity contribution in [1.82, 2.24) is 15.1 Å². The van der Waals surface area contributed by atoms with E-state index in [2.05, 4.69) is 24.1 Å². The highest BCUT2D eigenvalue weighted by Gasteiger charge is 2.34. The van der Waals surface area contributed by atoms with E-state index in [4.69, 9.17) is 0 Å². The maximum absolute atomic E-state index is 12.1. The Hall–Kier alpha value is -1.36. The van der Waals surface area contributed by atoms with E-state index in [1.165, 1.54) is 0 Å². The summed E-state index contributed by atoms with van der Waals surface area (Å²) in [6.07, 6.45) is 4.25. The van der Waals surface area contributed by atoms with Gasteiger partial charge in [0.1, 0.15) is 0 Å². The Balaban J connectivity index is 1.99. The molecule has 2 aliphatic rings. The van der Waals surface area contributed by atoms with Crippen molar-refractivity contribution in [3.63, 3.8) is 0 Å². The van der Waals surface area contributed by atoms with Gasteiger partial charge in [-0.2, -0.15) is 0 Å². The summed E-state index contributed by atoms with van der Waals surface area (Å²) in [7, 11) is 0. The lowest BCUT2D eigenvalue weighted by Crippen LogP contribution is -2.58. The highest BCUT2D eigenvalue weighted by Crippen LogP contribution is 2.15. The molecular weight excluding hydrogens is 230 g/mol. The van der Waals surface area contributed by atoms with Crippen molar-refractivity contribution in [2.75, 3.05) is 26.2 Å². The van der Waals surface area contributed by atoms with Crippen LogP contribution in [-0.4, -0.2) is 59.9 Å². The van der Waals surface area contributed by atoms with Crippen LogP contribution in [0.3, 0.4) is 0 Å². The third-order valence-electron chi connectivity index (χ3n) is 3.57. The van der Waals surface area contributed by atoms with Gasteiger partial charge in [-0.05, 0) is 13.8 Å². The van der Waals surface area contributed by atoms with E-state index in [0.717, 1.165) is 6.54 Å². The van der Waals surface area contributed by atoms with Crippen molar-refractivity contribution in [3.8, 4) is 0 Å². The molecule has 2 amide bonds. The Morgan fingerprint density at radius 2 is 2.11 bits per heavy atom. The quantitative estimate of drug-likeness (QED) is 0.717. The van der Waals surface area contributed by atoms with Crippen LogP contribution >= 0.6 is 0 Å². The zero-order chi connectivity index (χ0) is 13.1. The predicted molar refractivity (Wildman–Crippen MR) is 69.0 cm³/mol. The molecule has 5 nitrogen and oxygen atoms in total. The lowest BCUT2D eigenvalue weighted by Gasteiger charge is -2.38.